The van der Waals surface area contributed by atoms with Crippen LogP contribution in [0.1, 0.15) is 42.2 Å². The monoisotopic (exact) mass is 289 g/mol. The van der Waals surface area contributed by atoms with Crippen molar-refractivity contribution in [2.45, 2.75) is 33.2 Å². The standard InChI is InChI=1S/C12H19N3OS.ClH/c1-8(2)12(3-4-12)7-14-11(16)9-6-17-10(5-13)15-9;/h6,8H,3-5,7,13H2,1-2H3,(H,14,16);1H. The molecule has 0 aliphatic heterocycles. The molecule has 0 aromatic carbocycles. The molecule has 1 aliphatic carbocycles. The third-order valence-corrected chi connectivity index (χ3v) is 4.55. The molecule has 1 heterocycles. The lowest BCUT2D eigenvalue weighted by Gasteiger charge is -2.19. The van der Waals surface area contributed by atoms with E-state index in [0.717, 1.165) is 11.6 Å². The van der Waals surface area contributed by atoms with Crippen LogP contribution in [0.3, 0.4) is 0 Å². The maximum absolute atomic E-state index is 11.9. The summed E-state index contributed by atoms with van der Waals surface area (Å²) in [5.74, 6) is 0.547. The molecular formula is C12H20ClN3OS. The number of aromatic nitrogens is 1. The molecule has 6 heteroatoms. The van der Waals surface area contributed by atoms with Gasteiger partial charge in [0, 0.05) is 18.5 Å². The van der Waals surface area contributed by atoms with Crippen molar-refractivity contribution < 1.29 is 4.79 Å². The number of carbonyl (C=O) groups excluding carboxylic acids is 1. The highest BCUT2D eigenvalue weighted by Crippen LogP contribution is 2.51. The summed E-state index contributed by atoms with van der Waals surface area (Å²) >= 11 is 1.44. The lowest BCUT2D eigenvalue weighted by Crippen LogP contribution is -2.32. The van der Waals surface area contributed by atoms with Crippen LogP contribution in [-0.2, 0) is 6.54 Å². The molecule has 2 rings (SSSR count). The molecule has 18 heavy (non-hydrogen) atoms. The van der Waals surface area contributed by atoms with Gasteiger partial charge in [-0.1, -0.05) is 13.8 Å². The topological polar surface area (TPSA) is 68.0 Å². The van der Waals surface area contributed by atoms with Crippen LogP contribution < -0.4 is 11.1 Å². The maximum atomic E-state index is 11.9. The Labute approximate surface area is 118 Å². The second kappa shape index (κ2) is 5.99. The van der Waals surface area contributed by atoms with Gasteiger partial charge in [-0.2, -0.15) is 0 Å². The smallest absolute Gasteiger partial charge is 0.270 e. The summed E-state index contributed by atoms with van der Waals surface area (Å²) in [6.07, 6.45) is 2.44. The number of thiazole rings is 1. The fraction of sp³-hybridized carbons (Fsp3) is 0.667. The molecule has 0 saturated heterocycles. The molecule has 0 bridgehead atoms. The first-order valence-corrected chi connectivity index (χ1v) is 6.88. The quantitative estimate of drug-likeness (QED) is 0.873. The average Bonchev–Trinajstić information content (AvgIpc) is 2.96. The molecular weight excluding hydrogens is 270 g/mol. The van der Waals surface area contributed by atoms with Crippen molar-refractivity contribution in [2.24, 2.45) is 17.1 Å². The number of rotatable bonds is 5. The molecule has 0 unspecified atom stereocenters. The summed E-state index contributed by atoms with van der Waals surface area (Å²) in [5, 5.41) is 5.56. The summed E-state index contributed by atoms with van der Waals surface area (Å²) in [4.78, 5) is 16.0. The zero-order valence-electron chi connectivity index (χ0n) is 10.7. The number of carbonyl (C=O) groups is 1. The number of nitrogens with zero attached hydrogens (tertiary/aromatic N) is 1. The van der Waals surface area contributed by atoms with Crippen molar-refractivity contribution in [3.8, 4) is 0 Å². The van der Waals surface area contributed by atoms with Crippen LogP contribution in [0.5, 0.6) is 0 Å². The van der Waals surface area contributed by atoms with Crippen LogP contribution in [0.25, 0.3) is 0 Å². The highest BCUT2D eigenvalue weighted by atomic mass is 35.5. The Morgan fingerprint density at radius 1 is 1.61 bits per heavy atom. The molecule has 0 atom stereocenters. The van der Waals surface area contributed by atoms with Crippen molar-refractivity contribution in [1.29, 1.82) is 0 Å². The van der Waals surface area contributed by atoms with E-state index in [1.807, 2.05) is 0 Å². The van der Waals surface area contributed by atoms with Gasteiger partial charge in [-0.25, -0.2) is 4.98 Å². The van der Waals surface area contributed by atoms with Crippen molar-refractivity contribution in [2.75, 3.05) is 6.54 Å². The Bertz CT molecular complexity index is 415. The van der Waals surface area contributed by atoms with E-state index in [1.165, 1.54) is 24.2 Å². The summed E-state index contributed by atoms with van der Waals surface area (Å²) < 4.78 is 0. The number of nitrogens with two attached hydrogens (primary N) is 1. The van der Waals surface area contributed by atoms with Gasteiger partial charge in [0.05, 0.1) is 0 Å². The number of halogens is 1. The third-order valence-electron chi connectivity index (χ3n) is 3.68. The number of hydrogen-bond donors (Lipinski definition) is 2. The van der Waals surface area contributed by atoms with Crippen LogP contribution >= 0.6 is 23.7 Å². The van der Waals surface area contributed by atoms with Crippen molar-refractivity contribution >= 4 is 29.7 Å². The Balaban J connectivity index is 0.00000162. The first-order chi connectivity index (χ1) is 8.07. The van der Waals surface area contributed by atoms with Crippen molar-refractivity contribution in [3.05, 3.63) is 16.1 Å². The van der Waals surface area contributed by atoms with Gasteiger partial charge in [0.15, 0.2) is 0 Å². The summed E-state index contributed by atoms with van der Waals surface area (Å²) in [5.41, 5.74) is 6.30. The van der Waals surface area contributed by atoms with Gasteiger partial charge in [-0.15, -0.1) is 23.7 Å². The summed E-state index contributed by atoms with van der Waals surface area (Å²) in [7, 11) is 0. The highest BCUT2D eigenvalue weighted by molar-refractivity contribution is 7.09. The van der Waals surface area contributed by atoms with Gasteiger partial charge in [0.2, 0.25) is 0 Å². The van der Waals surface area contributed by atoms with E-state index < -0.39 is 0 Å². The van der Waals surface area contributed by atoms with Crippen molar-refractivity contribution in [1.82, 2.24) is 10.3 Å². The zero-order valence-corrected chi connectivity index (χ0v) is 12.4. The van der Waals surface area contributed by atoms with Gasteiger partial charge in [0.1, 0.15) is 10.7 Å². The normalized spacial score (nSPS) is 16.2. The summed E-state index contributed by atoms with van der Waals surface area (Å²) in [6, 6.07) is 0. The van der Waals surface area contributed by atoms with Gasteiger partial charge in [-0.3, -0.25) is 4.79 Å². The van der Waals surface area contributed by atoms with E-state index in [0.29, 0.717) is 23.6 Å². The Hall–Kier alpha value is -0.650. The second-order valence-corrected chi connectivity index (χ2v) is 5.97. The average molecular weight is 290 g/mol. The van der Waals surface area contributed by atoms with E-state index in [2.05, 4.69) is 24.1 Å². The lowest BCUT2D eigenvalue weighted by molar-refractivity contribution is 0.0935. The second-order valence-electron chi connectivity index (χ2n) is 5.03. The lowest BCUT2D eigenvalue weighted by atomic mass is 9.92. The molecule has 4 nitrogen and oxygen atoms in total. The fourth-order valence-electron chi connectivity index (χ4n) is 1.97. The first kappa shape index (κ1) is 15.4. The predicted molar refractivity (Wildman–Crippen MR) is 76.1 cm³/mol. The Morgan fingerprint density at radius 3 is 2.72 bits per heavy atom. The van der Waals surface area contributed by atoms with Crippen LogP contribution in [0.15, 0.2) is 5.38 Å². The molecule has 1 fully saturated rings. The minimum Gasteiger partial charge on any atom is -0.350 e. The number of amides is 1. The molecule has 1 aromatic rings. The minimum atomic E-state index is -0.0760. The molecule has 1 saturated carbocycles. The first-order valence-electron chi connectivity index (χ1n) is 6.00. The largest absolute Gasteiger partial charge is 0.350 e. The Kier molecular flexibility index (Phi) is 5.13. The van der Waals surface area contributed by atoms with E-state index in [4.69, 9.17) is 5.73 Å². The van der Waals surface area contributed by atoms with Gasteiger partial charge in [-0.05, 0) is 24.2 Å². The molecule has 3 N–H and O–H groups in total. The van der Waals surface area contributed by atoms with Crippen LogP contribution in [-0.4, -0.2) is 17.4 Å². The van der Waals surface area contributed by atoms with E-state index in [1.54, 1.807) is 5.38 Å². The Morgan fingerprint density at radius 2 is 2.28 bits per heavy atom. The van der Waals surface area contributed by atoms with Crippen molar-refractivity contribution in [3.63, 3.8) is 0 Å². The minimum absolute atomic E-state index is 0. The van der Waals surface area contributed by atoms with E-state index >= 15 is 0 Å². The highest BCUT2D eigenvalue weighted by Gasteiger charge is 2.45. The SMILES string of the molecule is CC(C)C1(CNC(=O)c2csc(CN)n2)CC1.Cl. The third kappa shape index (κ3) is 3.22. The van der Waals surface area contributed by atoms with Crippen LogP contribution in [0.2, 0.25) is 0 Å². The molecule has 102 valence electrons. The predicted octanol–water partition coefficient (Wildman–Crippen LogP) is 2.19. The molecule has 1 aromatic heterocycles. The van der Waals surface area contributed by atoms with Crippen LogP contribution in [0.4, 0.5) is 0 Å². The number of nitrogens with one attached hydrogen (secondary N) is 1. The number of hydrogen-bond acceptors (Lipinski definition) is 4. The molecule has 1 aliphatic rings. The van der Waals surface area contributed by atoms with Crippen LogP contribution in [0, 0.1) is 11.3 Å². The van der Waals surface area contributed by atoms with Gasteiger partial charge in [0.25, 0.3) is 5.91 Å². The van der Waals surface area contributed by atoms with E-state index in [-0.39, 0.29) is 18.3 Å². The molecule has 1 amide bonds. The van der Waals surface area contributed by atoms with Gasteiger partial charge < -0.3 is 11.1 Å². The van der Waals surface area contributed by atoms with E-state index in [9.17, 15) is 4.79 Å². The molecule has 0 radical (unpaired) electrons. The zero-order chi connectivity index (χ0) is 12.5. The molecule has 0 spiro atoms. The fourth-order valence-corrected chi connectivity index (χ4v) is 2.63. The maximum Gasteiger partial charge on any atom is 0.270 e. The summed E-state index contributed by atoms with van der Waals surface area (Å²) in [6.45, 7) is 5.59. The van der Waals surface area contributed by atoms with Gasteiger partial charge >= 0.3 is 0 Å².